The Morgan fingerprint density at radius 1 is 0.886 bits per heavy atom. The van der Waals surface area contributed by atoms with Gasteiger partial charge < -0.3 is 21.4 Å². The Morgan fingerprint density at radius 3 is 2.31 bits per heavy atom. The molecule has 4 aromatic rings. The van der Waals surface area contributed by atoms with Crippen LogP contribution in [-0.2, 0) is 11.2 Å². The molecule has 4 rings (SSSR count). The van der Waals surface area contributed by atoms with E-state index in [1.165, 1.54) is 0 Å². The van der Waals surface area contributed by atoms with E-state index in [2.05, 4.69) is 27.0 Å². The fourth-order valence-corrected chi connectivity index (χ4v) is 3.63. The maximum Gasteiger partial charge on any atom is 0.228 e. The first kappa shape index (κ1) is 23.2. The van der Waals surface area contributed by atoms with Gasteiger partial charge in [0.05, 0.1) is 23.9 Å². The Balaban J connectivity index is 1.38. The highest BCUT2D eigenvalue weighted by molar-refractivity contribution is 6.05. The fourth-order valence-electron chi connectivity index (χ4n) is 3.63. The Bertz CT molecular complexity index is 1390. The summed E-state index contributed by atoms with van der Waals surface area (Å²) in [7, 11) is 0. The first-order chi connectivity index (χ1) is 17.0. The van der Waals surface area contributed by atoms with Crippen molar-refractivity contribution in [2.45, 2.75) is 13.3 Å². The van der Waals surface area contributed by atoms with Crippen LogP contribution in [0.15, 0.2) is 91.0 Å². The third-order valence-electron chi connectivity index (χ3n) is 5.32. The van der Waals surface area contributed by atoms with Gasteiger partial charge in [-0.3, -0.25) is 9.78 Å². The number of para-hydroxylation sites is 1. The molecule has 0 saturated carbocycles. The van der Waals surface area contributed by atoms with E-state index in [1.807, 2.05) is 67.6 Å². The number of anilines is 3. The van der Waals surface area contributed by atoms with Gasteiger partial charge in [0.2, 0.25) is 5.91 Å². The molecule has 0 atom stereocenters. The third kappa shape index (κ3) is 6.09. The van der Waals surface area contributed by atoms with Crippen LogP contribution >= 0.6 is 0 Å². The number of benzene rings is 3. The van der Waals surface area contributed by atoms with Gasteiger partial charge in [-0.2, -0.15) is 5.26 Å². The molecule has 0 spiro atoms. The number of aryl methyl sites for hydroxylation is 1. The number of carbonyl (C=O) groups excluding carboxylic acids is 1. The summed E-state index contributed by atoms with van der Waals surface area (Å²) in [6, 6.07) is 29.8. The number of aromatic nitrogens is 1. The van der Waals surface area contributed by atoms with Crippen molar-refractivity contribution in [3.8, 4) is 17.2 Å². The van der Waals surface area contributed by atoms with Crippen LogP contribution in [0.1, 0.15) is 16.8 Å². The van der Waals surface area contributed by atoms with Crippen molar-refractivity contribution in [1.29, 1.82) is 5.26 Å². The average Bonchev–Trinajstić information content (AvgIpc) is 2.85. The molecule has 7 heteroatoms. The Kier molecular flexibility index (Phi) is 7.14. The minimum Gasteiger partial charge on any atom is -0.411 e. The summed E-state index contributed by atoms with van der Waals surface area (Å²) < 4.78 is 0. The molecule has 1 heterocycles. The summed E-state index contributed by atoms with van der Waals surface area (Å²) in [4.78, 5) is 16.8. The molecule has 35 heavy (non-hydrogen) atoms. The highest BCUT2D eigenvalue weighted by atomic mass is 16.1. The Labute approximate surface area is 204 Å². The molecule has 0 aliphatic carbocycles. The summed E-state index contributed by atoms with van der Waals surface area (Å²) >= 11 is 0. The van der Waals surface area contributed by atoms with Gasteiger partial charge >= 0.3 is 0 Å². The van der Waals surface area contributed by atoms with Crippen molar-refractivity contribution < 1.29 is 4.79 Å². The van der Waals surface area contributed by atoms with E-state index in [4.69, 9.17) is 0 Å². The molecule has 3 aromatic carbocycles. The highest BCUT2D eigenvalue weighted by Gasteiger charge is 2.07. The molecule has 0 bridgehead atoms. The molecule has 0 radical (unpaired) electrons. The fraction of sp³-hybridized carbons (Fsp3) is 0.0714. The first-order valence-electron chi connectivity index (χ1n) is 11.0. The number of rotatable bonds is 6. The van der Waals surface area contributed by atoms with E-state index >= 15 is 0 Å². The summed E-state index contributed by atoms with van der Waals surface area (Å²) in [5, 5.41) is 27.9. The van der Waals surface area contributed by atoms with Crippen molar-refractivity contribution >= 4 is 29.1 Å². The molecular formula is C28H23N6O-. The standard InChI is InChI=1S/C28H23N6O/c1-19-24(15-16-26(31-19)34-28(30)33-25-10-6-5-9-22(25)18-29)21-11-13-23(14-12-21)32-27(35)17-20-7-3-2-4-8-20/h2-16H,17H2,1H3,(H3-,30,31,32,33,34,35)/q-1. The quantitative estimate of drug-likeness (QED) is 0.258. The van der Waals surface area contributed by atoms with E-state index in [0.29, 0.717) is 23.5 Å². The van der Waals surface area contributed by atoms with Crippen LogP contribution in [0, 0.1) is 18.3 Å². The van der Waals surface area contributed by atoms with Gasteiger partial charge in [-0.1, -0.05) is 66.7 Å². The van der Waals surface area contributed by atoms with Crippen LogP contribution < -0.4 is 16.0 Å². The number of hydrogen-bond donors (Lipinski definition) is 3. The smallest absolute Gasteiger partial charge is 0.228 e. The molecule has 1 amide bonds. The van der Waals surface area contributed by atoms with Gasteiger partial charge in [-0.15, -0.1) is 0 Å². The van der Waals surface area contributed by atoms with Crippen LogP contribution in [0.5, 0.6) is 0 Å². The van der Waals surface area contributed by atoms with Gasteiger partial charge in [0.15, 0.2) is 0 Å². The maximum absolute atomic E-state index is 12.3. The number of carbonyl (C=O) groups is 1. The zero-order valence-corrected chi connectivity index (χ0v) is 19.1. The molecular weight excluding hydrogens is 436 g/mol. The number of hydrogen-bond acceptors (Lipinski definition) is 3. The third-order valence-corrected chi connectivity index (χ3v) is 5.32. The molecule has 0 fully saturated rings. The lowest BCUT2D eigenvalue weighted by atomic mass is 10.0. The first-order valence-corrected chi connectivity index (χ1v) is 11.0. The number of pyridine rings is 1. The molecule has 0 aliphatic heterocycles. The van der Waals surface area contributed by atoms with Crippen LogP contribution in [0.3, 0.4) is 0 Å². The minimum atomic E-state index is -0.233. The predicted octanol–water partition coefficient (Wildman–Crippen LogP) is 5.56. The molecule has 0 aliphatic rings. The monoisotopic (exact) mass is 459 g/mol. The molecule has 3 N–H and O–H groups in total. The summed E-state index contributed by atoms with van der Waals surface area (Å²) in [6.45, 7) is 1.88. The lowest BCUT2D eigenvalue weighted by Crippen LogP contribution is -2.21. The SMILES string of the molecule is Cc1nc(NC(=[N-])Nc2ccccc2C#N)ccc1-c1ccc(NC(=O)Cc2ccccc2)cc1. The molecule has 0 saturated heterocycles. The Morgan fingerprint density at radius 2 is 1.60 bits per heavy atom. The maximum atomic E-state index is 12.3. The zero-order valence-electron chi connectivity index (χ0n) is 19.1. The van der Waals surface area contributed by atoms with E-state index in [-0.39, 0.29) is 11.9 Å². The van der Waals surface area contributed by atoms with E-state index in [0.717, 1.165) is 28.1 Å². The van der Waals surface area contributed by atoms with Crippen molar-refractivity contribution in [1.82, 2.24) is 4.98 Å². The second-order valence-electron chi connectivity index (χ2n) is 7.87. The molecule has 1 aromatic heterocycles. The number of nitrogens with one attached hydrogen (secondary N) is 3. The topological polar surface area (TPSA) is 112 Å². The molecule has 0 unspecified atom stereocenters. The highest BCUT2D eigenvalue weighted by Crippen LogP contribution is 2.25. The number of nitriles is 1. The van der Waals surface area contributed by atoms with Crippen molar-refractivity contribution in [2.24, 2.45) is 0 Å². The van der Waals surface area contributed by atoms with E-state index < -0.39 is 0 Å². The van der Waals surface area contributed by atoms with Gasteiger partial charge in [0.25, 0.3) is 0 Å². The summed E-state index contributed by atoms with van der Waals surface area (Å²) in [5.41, 5.74) is 5.24. The minimum absolute atomic E-state index is 0.0701. The average molecular weight is 460 g/mol. The number of guanidine groups is 1. The Hall–Kier alpha value is -4.96. The van der Waals surface area contributed by atoms with Gasteiger partial charge in [-0.05, 0) is 42.3 Å². The van der Waals surface area contributed by atoms with Crippen LogP contribution in [0.25, 0.3) is 16.5 Å². The van der Waals surface area contributed by atoms with Gasteiger partial charge in [0, 0.05) is 28.6 Å². The van der Waals surface area contributed by atoms with Crippen molar-refractivity contribution in [2.75, 3.05) is 16.0 Å². The normalized spacial score (nSPS) is 10.2. The lowest BCUT2D eigenvalue weighted by Gasteiger charge is -2.19. The summed E-state index contributed by atoms with van der Waals surface area (Å²) in [6.07, 6.45) is 0.320. The second-order valence-corrected chi connectivity index (χ2v) is 7.87. The van der Waals surface area contributed by atoms with Crippen LogP contribution in [0.2, 0.25) is 0 Å². The van der Waals surface area contributed by atoms with Crippen LogP contribution in [0.4, 0.5) is 17.2 Å². The van der Waals surface area contributed by atoms with Gasteiger partial charge in [0.1, 0.15) is 0 Å². The van der Waals surface area contributed by atoms with Gasteiger partial charge in [-0.25, -0.2) is 0 Å². The number of nitrogens with zero attached hydrogens (tertiary/aromatic N) is 3. The van der Waals surface area contributed by atoms with E-state index in [9.17, 15) is 15.5 Å². The van der Waals surface area contributed by atoms with E-state index in [1.54, 1.807) is 30.3 Å². The molecule has 172 valence electrons. The number of amides is 1. The largest absolute Gasteiger partial charge is 0.411 e. The second kappa shape index (κ2) is 10.8. The van der Waals surface area contributed by atoms with Crippen LogP contribution in [-0.4, -0.2) is 16.9 Å². The lowest BCUT2D eigenvalue weighted by molar-refractivity contribution is -0.115. The van der Waals surface area contributed by atoms with Crippen molar-refractivity contribution in [3.63, 3.8) is 0 Å². The van der Waals surface area contributed by atoms with Crippen molar-refractivity contribution in [3.05, 3.63) is 113 Å². The predicted molar refractivity (Wildman–Crippen MR) is 140 cm³/mol. The molecule has 7 nitrogen and oxygen atoms in total. The summed E-state index contributed by atoms with van der Waals surface area (Å²) in [5.74, 6) is 0.151. The zero-order chi connectivity index (χ0) is 24.6.